The third kappa shape index (κ3) is 3.37. The number of H-pyrrole nitrogens is 1. The van der Waals surface area contributed by atoms with Crippen LogP contribution >= 0.6 is 0 Å². The van der Waals surface area contributed by atoms with Crippen molar-refractivity contribution in [2.75, 3.05) is 19.7 Å². The molecule has 0 saturated carbocycles. The lowest BCUT2D eigenvalue weighted by atomic mass is 10.2. The number of hydrogen-bond acceptors (Lipinski definition) is 6. The Labute approximate surface area is 134 Å². The quantitative estimate of drug-likeness (QED) is 0.915. The molecular weight excluding hydrogens is 296 g/mol. The molecule has 0 aromatic carbocycles. The molecule has 1 atom stereocenters. The Hall–Kier alpha value is -2.35. The van der Waals surface area contributed by atoms with Crippen molar-refractivity contribution in [3.8, 4) is 0 Å². The molecule has 0 bridgehead atoms. The van der Waals surface area contributed by atoms with Crippen molar-refractivity contribution in [1.29, 1.82) is 0 Å². The van der Waals surface area contributed by atoms with Gasteiger partial charge in [0.05, 0.1) is 13.2 Å². The van der Waals surface area contributed by atoms with Crippen molar-refractivity contribution in [2.24, 2.45) is 0 Å². The molecular formula is C15H20N6O2. The van der Waals surface area contributed by atoms with Crippen LogP contribution in [0.2, 0.25) is 0 Å². The number of aromatic nitrogens is 5. The molecule has 1 unspecified atom stereocenters. The van der Waals surface area contributed by atoms with Crippen LogP contribution in [-0.4, -0.2) is 55.7 Å². The molecule has 1 aliphatic heterocycles. The maximum absolute atomic E-state index is 12.6. The monoisotopic (exact) mass is 316 g/mol. The highest BCUT2D eigenvalue weighted by atomic mass is 16.5. The van der Waals surface area contributed by atoms with E-state index < -0.39 is 0 Å². The van der Waals surface area contributed by atoms with Gasteiger partial charge >= 0.3 is 0 Å². The minimum absolute atomic E-state index is 0.118. The Morgan fingerprint density at radius 2 is 2.26 bits per heavy atom. The number of ether oxygens (including phenoxy) is 1. The molecule has 1 aliphatic rings. The van der Waals surface area contributed by atoms with Gasteiger partial charge in [-0.1, -0.05) is 13.8 Å². The van der Waals surface area contributed by atoms with Crippen LogP contribution in [0.3, 0.4) is 0 Å². The van der Waals surface area contributed by atoms with Crippen LogP contribution in [0, 0.1) is 6.92 Å². The van der Waals surface area contributed by atoms with E-state index in [2.05, 4.69) is 25.1 Å². The van der Waals surface area contributed by atoms with Gasteiger partial charge in [0.1, 0.15) is 17.6 Å². The summed E-state index contributed by atoms with van der Waals surface area (Å²) in [6, 6.07) is 1.63. The summed E-state index contributed by atoms with van der Waals surface area (Å²) in [7, 11) is 0. The van der Waals surface area contributed by atoms with Crippen LogP contribution in [0.1, 0.15) is 53.8 Å². The molecule has 2 aromatic heterocycles. The summed E-state index contributed by atoms with van der Waals surface area (Å²) in [6.07, 6.45) is 1.30. The first-order chi connectivity index (χ1) is 11.0. The lowest BCUT2D eigenvalue weighted by Gasteiger charge is -2.31. The second-order valence-electron chi connectivity index (χ2n) is 5.83. The highest BCUT2D eigenvalue weighted by molar-refractivity contribution is 5.92. The van der Waals surface area contributed by atoms with Gasteiger partial charge in [0.25, 0.3) is 5.91 Å². The molecule has 1 fully saturated rings. The Morgan fingerprint density at radius 1 is 1.43 bits per heavy atom. The van der Waals surface area contributed by atoms with Crippen LogP contribution in [0.15, 0.2) is 12.3 Å². The maximum atomic E-state index is 12.6. The van der Waals surface area contributed by atoms with Crippen LogP contribution < -0.4 is 0 Å². The molecule has 23 heavy (non-hydrogen) atoms. The summed E-state index contributed by atoms with van der Waals surface area (Å²) in [6.45, 7) is 7.24. The largest absolute Gasteiger partial charge is 0.367 e. The lowest BCUT2D eigenvalue weighted by Crippen LogP contribution is -2.42. The number of hydrogen-bond donors (Lipinski definition) is 1. The van der Waals surface area contributed by atoms with Crippen molar-refractivity contribution < 1.29 is 9.53 Å². The van der Waals surface area contributed by atoms with E-state index in [4.69, 9.17) is 4.74 Å². The van der Waals surface area contributed by atoms with Gasteiger partial charge in [-0.25, -0.2) is 15.0 Å². The molecule has 1 N–H and O–H groups in total. The number of aromatic amines is 1. The molecule has 122 valence electrons. The fourth-order valence-corrected chi connectivity index (χ4v) is 2.43. The van der Waals surface area contributed by atoms with Crippen molar-refractivity contribution in [3.63, 3.8) is 0 Å². The van der Waals surface area contributed by atoms with Crippen LogP contribution in [-0.2, 0) is 4.74 Å². The van der Waals surface area contributed by atoms with Crippen LogP contribution in [0.25, 0.3) is 0 Å². The van der Waals surface area contributed by atoms with E-state index in [1.807, 2.05) is 13.8 Å². The van der Waals surface area contributed by atoms with Gasteiger partial charge in [0.15, 0.2) is 11.6 Å². The topological polar surface area (TPSA) is 96.9 Å². The number of nitrogens with zero attached hydrogens (tertiary/aromatic N) is 5. The Morgan fingerprint density at radius 3 is 2.96 bits per heavy atom. The number of carbonyl (C=O) groups excluding carboxylic acids is 1. The smallest absolute Gasteiger partial charge is 0.272 e. The summed E-state index contributed by atoms with van der Waals surface area (Å²) in [5.74, 6) is 2.11. The fraction of sp³-hybridized carbons (Fsp3) is 0.533. The standard InChI is InChI=1S/C15H20N6O2/c1-9(2)13-18-14(20-19-13)12-8-21(6-7-23-12)15(22)11-4-5-16-10(3)17-11/h4-5,9,12H,6-8H2,1-3H3,(H,18,19,20). The molecule has 0 aliphatic carbocycles. The molecule has 8 heteroatoms. The summed E-state index contributed by atoms with van der Waals surface area (Å²) >= 11 is 0. The van der Waals surface area contributed by atoms with E-state index in [1.54, 1.807) is 24.1 Å². The van der Waals surface area contributed by atoms with Gasteiger partial charge < -0.3 is 9.64 Å². The SMILES string of the molecule is Cc1nccc(C(=O)N2CCOC(c3nc(C(C)C)n[nH]3)C2)n1. The third-order valence-electron chi connectivity index (χ3n) is 3.69. The zero-order valence-corrected chi connectivity index (χ0v) is 13.5. The van der Waals surface area contributed by atoms with E-state index in [0.29, 0.717) is 37.0 Å². The number of rotatable bonds is 3. The van der Waals surface area contributed by atoms with Gasteiger partial charge in [-0.2, -0.15) is 5.10 Å². The first-order valence-corrected chi connectivity index (χ1v) is 7.67. The molecule has 3 rings (SSSR count). The highest BCUT2D eigenvalue weighted by Gasteiger charge is 2.29. The van der Waals surface area contributed by atoms with Crippen LogP contribution in [0.4, 0.5) is 0 Å². The molecule has 2 aromatic rings. The Bertz CT molecular complexity index is 699. The zero-order valence-electron chi connectivity index (χ0n) is 13.5. The Kier molecular flexibility index (Phi) is 4.33. The predicted molar refractivity (Wildman–Crippen MR) is 81.8 cm³/mol. The van der Waals surface area contributed by atoms with Gasteiger partial charge in [0, 0.05) is 18.7 Å². The maximum Gasteiger partial charge on any atom is 0.272 e. The second kappa shape index (κ2) is 6.41. The van der Waals surface area contributed by atoms with Crippen molar-refractivity contribution in [3.05, 3.63) is 35.4 Å². The normalized spacial score (nSPS) is 18.4. The van der Waals surface area contributed by atoms with Gasteiger partial charge in [0.2, 0.25) is 0 Å². The molecule has 0 radical (unpaired) electrons. The fourth-order valence-electron chi connectivity index (χ4n) is 2.43. The summed E-state index contributed by atoms with van der Waals surface area (Å²) in [5.41, 5.74) is 0.401. The van der Waals surface area contributed by atoms with E-state index in [1.165, 1.54) is 0 Å². The number of aryl methyl sites for hydroxylation is 1. The molecule has 0 spiro atoms. The first-order valence-electron chi connectivity index (χ1n) is 7.67. The highest BCUT2D eigenvalue weighted by Crippen LogP contribution is 2.21. The number of amides is 1. The molecule has 8 nitrogen and oxygen atoms in total. The van der Waals surface area contributed by atoms with E-state index in [0.717, 1.165) is 5.82 Å². The average molecular weight is 316 g/mol. The van der Waals surface area contributed by atoms with Crippen molar-refractivity contribution in [1.82, 2.24) is 30.0 Å². The summed E-state index contributed by atoms with van der Waals surface area (Å²) in [5, 5.41) is 7.11. The van der Waals surface area contributed by atoms with E-state index in [-0.39, 0.29) is 17.9 Å². The lowest BCUT2D eigenvalue weighted by molar-refractivity contribution is -0.0268. The minimum Gasteiger partial charge on any atom is -0.367 e. The summed E-state index contributed by atoms with van der Waals surface area (Å²) in [4.78, 5) is 27.0. The zero-order chi connectivity index (χ0) is 16.4. The number of carbonyl (C=O) groups is 1. The van der Waals surface area contributed by atoms with Crippen molar-refractivity contribution >= 4 is 5.91 Å². The van der Waals surface area contributed by atoms with E-state index >= 15 is 0 Å². The van der Waals surface area contributed by atoms with Crippen molar-refractivity contribution in [2.45, 2.75) is 32.8 Å². The van der Waals surface area contributed by atoms with Gasteiger partial charge in [-0.3, -0.25) is 9.89 Å². The van der Waals surface area contributed by atoms with Gasteiger partial charge in [-0.15, -0.1) is 0 Å². The Balaban J connectivity index is 1.73. The molecule has 1 amide bonds. The molecule has 1 saturated heterocycles. The average Bonchev–Trinajstić information content (AvgIpc) is 3.04. The number of nitrogens with one attached hydrogen (secondary N) is 1. The first kappa shape index (κ1) is 15.5. The van der Waals surface area contributed by atoms with E-state index in [9.17, 15) is 4.79 Å². The van der Waals surface area contributed by atoms with Gasteiger partial charge in [-0.05, 0) is 13.0 Å². The number of morpholine rings is 1. The third-order valence-corrected chi connectivity index (χ3v) is 3.69. The molecule has 3 heterocycles. The summed E-state index contributed by atoms with van der Waals surface area (Å²) < 4.78 is 5.74. The minimum atomic E-state index is -0.296. The second-order valence-corrected chi connectivity index (χ2v) is 5.83. The van der Waals surface area contributed by atoms with Crippen LogP contribution in [0.5, 0.6) is 0 Å². The predicted octanol–water partition coefficient (Wildman–Crippen LogP) is 1.24.